The van der Waals surface area contributed by atoms with Gasteiger partial charge in [-0.15, -0.1) is 0 Å². The Morgan fingerprint density at radius 1 is 0.955 bits per heavy atom. The van der Waals surface area contributed by atoms with Crippen molar-refractivity contribution in [1.82, 2.24) is 9.97 Å². The van der Waals surface area contributed by atoms with Crippen molar-refractivity contribution in [3.8, 4) is 22.6 Å². The number of esters is 1. The zero-order valence-corrected chi connectivity index (χ0v) is 25.1. The third-order valence-corrected chi connectivity index (χ3v) is 7.86. The number of ether oxygens (including phenoxy) is 3. The smallest absolute Gasteiger partial charge is 0.342 e. The van der Waals surface area contributed by atoms with Gasteiger partial charge in [0.2, 0.25) is 0 Å². The molecule has 2 aromatic heterocycles. The second kappa shape index (κ2) is 11.4. The molecule has 7 rings (SSSR count). The molecule has 0 spiro atoms. The number of pyridine rings is 1. The summed E-state index contributed by atoms with van der Waals surface area (Å²) in [5.74, 6) is 1.09. The molecule has 8 heteroatoms. The van der Waals surface area contributed by atoms with E-state index in [0.717, 1.165) is 27.8 Å². The van der Waals surface area contributed by atoms with Gasteiger partial charge in [0.25, 0.3) is 0 Å². The monoisotopic (exact) mass is 589 g/mol. The molecule has 0 radical (unpaired) electrons. The molecule has 1 N–H and O–H groups in total. The molecule has 44 heavy (non-hydrogen) atoms. The molecule has 1 unspecified atom stereocenters. The molecule has 3 heterocycles. The molecule has 1 saturated carbocycles. The molecule has 8 nitrogen and oxygen atoms in total. The molecule has 2 fully saturated rings. The number of hydrogen-bond donors (Lipinski definition) is 1. The summed E-state index contributed by atoms with van der Waals surface area (Å²) in [5.41, 5.74) is 5.91. The van der Waals surface area contributed by atoms with E-state index in [-0.39, 0.29) is 12.8 Å². The predicted octanol–water partition coefficient (Wildman–Crippen LogP) is 8.32. The van der Waals surface area contributed by atoms with Gasteiger partial charge in [-0.1, -0.05) is 42.5 Å². The van der Waals surface area contributed by atoms with Crippen LogP contribution in [0.15, 0.2) is 91.3 Å². The fraction of sp³-hybridized carbons (Fsp3) is 0.278. The normalized spacial score (nSPS) is 17.1. The maximum atomic E-state index is 13.2. The first-order chi connectivity index (χ1) is 21.3. The van der Waals surface area contributed by atoms with Crippen LogP contribution < -0.4 is 9.80 Å². The number of H-pyrrole nitrogens is 1. The largest absolute Gasteiger partial charge is 0.456 e. The molecular weight excluding hydrogens is 554 g/mol. The minimum absolute atomic E-state index is 0.0366. The number of rotatable bonds is 7. The van der Waals surface area contributed by atoms with Crippen LogP contribution in [0.1, 0.15) is 67.1 Å². The number of carbonyl (C=O) groups is 1. The summed E-state index contributed by atoms with van der Waals surface area (Å²) in [4.78, 5) is 26.7. The predicted molar refractivity (Wildman–Crippen MR) is 169 cm³/mol. The van der Waals surface area contributed by atoms with E-state index in [1.165, 1.54) is 24.0 Å². The molecular formula is C36H35N3O5. The second-order valence-electron chi connectivity index (χ2n) is 12.3. The van der Waals surface area contributed by atoms with Crippen LogP contribution in [0.5, 0.6) is 11.5 Å². The summed E-state index contributed by atoms with van der Waals surface area (Å²) in [6, 6.07) is 26.2. The van der Waals surface area contributed by atoms with E-state index in [1.807, 2.05) is 56.3 Å². The lowest BCUT2D eigenvalue weighted by Crippen LogP contribution is -2.38. The highest BCUT2D eigenvalue weighted by Gasteiger charge is 2.33. The van der Waals surface area contributed by atoms with Gasteiger partial charge in [-0.05, 0) is 98.2 Å². The number of anilines is 1. The number of hydroxylamine groups is 1. The number of carbonyl (C=O) groups excluding carboxylic acids is 1. The van der Waals surface area contributed by atoms with Crippen LogP contribution in [-0.4, -0.2) is 34.9 Å². The van der Waals surface area contributed by atoms with Gasteiger partial charge in [0.1, 0.15) is 34.4 Å². The van der Waals surface area contributed by atoms with Gasteiger partial charge >= 0.3 is 5.97 Å². The van der Waals surface area contributed by atoms with E-state index in [0.29, 0.717) is 29.6 Å². The highest BCUT2D eigenvalue weighted by atomic mass is 16.8. The van der Waals surface area contributed by atoms with Crippen LogP contribution in [-0.2, 0) is 14.3 Å². The summed E-state index contributed by atoms with van der Waals surface area (Å²) in [5, 5.41) is 2.88. The Hall–Kier alpha value is -4.66. The quantitative estimate of drug-likeness (QED) is 0.191. The fourth-order valence-electron chi connectivity index (χ4n) is 5.65. The molecule has 3 aromatic carbocycles. The maximum absolute atomic E-state index is 13.2. The Morgan fingerprint density at radius 3 is 2.50 bits per heavy atom. The zero-order chi connectivity index (χ0) is 30.3. The van der Waals surface area contributed by atoms with Crippen molar-refractivity contribution >= 4 is 22.7 Å². The van der Waals surface area contributed by atoms with Gasteiger partial charge in [-0.2, -0.15) is 0 Å². The molecule has 2 aliphatic rings. The van der Waals surface area contributed by atoms with Gasteiger partial charge in [-0.25, -0.2) is 19.7 Å². The van der Waals surface area contributed by atoms with E-state index in [1.54, 1.807) is 12.3 Å². The molecule has 0 bridgehead atoms. The maximum Gasteiger partial charge on any atom is 0.342 e. The molecule has 1 saturated heterocycles. The van der Waals surface area contributed by atoms with Crippen LogP contribution >= 0.6 is 0 Å². The average molecular weight is 590 g/mol. The lowest BCUT2D eigenvalue weighted by atomic mass is 9.96. The van der Waals surface area contributed by atoms with Gasteiger partial charge < -0.3 is 19.2 Å². The van der Waals surface area contributed by atoms with Crippen LogP contribution in [0.25, 0.3) is 22.2 Å². The van der Waals surface area contributed by atoms with E-state index in [9.17, 15) is 4.79 Å². The van der Waals surface area contributed by atoms with E-state index >= 15 is 0 Å². The molecule has 0 amide bonds. The standard InChI is InChI=1S/C36H35N3O5/c1-36(2,3)44-35(40)31-15-12-25(19-33(31)43-28-18-26-16-17-37-34(26)38-20-28)23-10-13-27(14-11-23)39-32(21-41-22-42-39)30-7-5-4-6-29(30)24-8-9-24/h4-7,10-20,24,32H,8-9,21-22H2,1-3H3,(H,37,38). The van der Waals surface area contributed by atoms with Crippen LogP contribution in [0.4, 0.5) is 5.69 Å². The first-order valence-electron chi connectivity index (χ1n) is 15.0. The highest BCUT2D eigenvalue weighted by molar-refractivity contribution is 5.94. The van der Waals surface area contributed by atoms with Crippen molar-refractivity contribution in [3.63, 3.8) is 0 Å². The van der Waals surface area contributed by atoms with Crippen LogP contribution in [0.2, 0.25) is 0 Å². The first-order valence-corrected chi connectivity index (χ1v) is 15.0. The Bertz CT molecular complexity index is 1800. The topological polar surface area (TPSA) is 85.9 Å². The molecule has 5 aromatic rings. The summed E-state index contributed by atoms with van der Waals surface area (Å²) in [6.45, 7) is 6.30. The second-order valence-corrected chi connectivity index (χ2v) is 12.3. The van der Waals surface area contributed by atoms with Crippen LogP contribution in [0.3, 0.4) is 0 Å². The minimum Gasteiger partial charge on any atom is -0.456 e. The molecule has 1 atom stereocenters. The third-order valence-electron chi connectivity index (χ3n) is 7.86. The van der Waals surface area contributed by atoms with Gasteiger partial charge in [0, 0.05) is 11.6 Å². The Balaban J connectivity index is 1.19. The van der Waals surface area contributed by atoms with Crippen molar-refractivity contribution in [1.29, 1.82) is 0 Å². The summed E-state index contributed by atoms with van der Waals surface area (Å²) in [7, 11) is 0. The Morgan fingerprint density at radius 2 is 1.73 bits per heavy atom. The van der Waals surface area contributed by atoms with Crippen molar-refractivity contribution < 1.29 is 23.8 Å². The van der Waals surface area contributed by atoms with Crippen LogP contribution in [0, 0.1) is 0 Å². The Labute approximate surface area is 256 Å². The van der Waals surface area contributed by atoms with Crippen molar-refractivity contribution in [2.45, 2.75) is 51.2 Å². The lowest BCUT2D eigenvalue weighted by Gasteiger charge is -2.37. The zero-order valence-electron chi connectivity index (χ0n) is 25.1. The minimum atomic E-state index is -0.646. The van der Waals surface area contributed by atoms with Crippen molar-refractivity contribution in [3.05, 3.63) is 108 Å². The summed E-state index contributed by atoms with van der Waals surface area (Å²) >= 11 is 0. The number of benzene rings is 3. The Kier molecular flexibility index (Phi) is 7.32. The van der Waals surface area contributed by atoms with E-state index < -0.39 is 11.6 Å². The summed E-state index contributed by atoms with van der Waals surface area (Å²) in [6.07, 6.45) is 5.93. The average Bonchev–Trinajstić information content (AvgIpc) is 3.77. The molecule has 224 valence electrons. The first kappa shape index (κ1) is 28.1. The number of hydrogen-bond acceptors (Lipinski definition) is 7. The third kappa shape index (κ3) is 5.91. The lowest BCUT2D eigenvalue weighted by molar-refractivity contribution is -0.124. The number of aromatic nitrogens is 2. The molecule has 1 aliphatic carbocycles. The van der Waals surface area contributed by atoms with Crippen molar-refractivity contribution in [2.75, 3.05) is 18.5 Å². The van der Waals surface area contributed by atoms with Gasteiger partial charge in [-0.3, -0.25) is 0 Å². The van der Waals surface area contributed by atoms with E-state index in [2.05, 4.69) is 58.5 Å². The van der Waals surface area contributed by atoms with Gasteiger partial charge in [0.05, 0.1) is 18.5 Å². The summed E-state index contributed by atoms with van der Waals surface area (Å²) < 4.78 is 17.7. The number of aromatic amines is 1. The fourth-order valence-corrected chi connectivity index (χ4v) is 5.65. The number of nitrogens with zero attached hydrogens (tertiary/aromatic N) is 2. The highest BCUT2D eigenvalue weighted by Crippen LogP contribution is 2.45. The number of nitrogens with one attached hydrogen (secondary N) is 1. The van der Waals surface area contributed by atoms with E-state index in [4.69, 9.17) is 19.0 Å². The molecule has 1 aliphatic heterocycles. The van der Waals surface area contributed by atoms with Gasteiger partial charge in [0.15, 0.2) is 6.79 Å². The van der Waals surface area contributed by atoms with Crippen molar-refractivity contribution in [2.24, 2.45) is 0 Å². The number of fused-ring (bicyclic) bond motifs is 1. The SMILES string of the molecule is CC(C)(C)OC(=O)c1ccc(-c2ccc(N3OCOCC3c3ccccc3C3CC3)cc2)cc1Oc1cnc2[nH]ccc2c1.